The second-order valence-corrected chi connectivity index (χ2v) is 8.98. The van der Waals surface area contributed by atoms with Crippen LogP contribution in [0.4, 0.5) is 13.2 Å². The molecule has 0 N–H and O–H groups in total. The molecule has 0 aliphatic heterocycles. The normalized spacial score (nSPS) is 11.7. The van der Waals surface area contributed by atoms with Crippen LogP contribution in [-0.4, -0.2) is 14.8 Å². The fourth-order valence-electron chi connectivity index (χ4n) is 3.95. The van der Waals surface area contributed by atoms with E-state index in [1.54, 1.807) is 54.6 Å². The smallest absolute Gasteiger partial charge is 0.417 e. The van der Waals surface area contributed by atoms with E-state index in [9.17, 15) is 13.2 Å². The molecule has 2 heterocycles. The summed E-state index contributed by atoms with van der Waals surface area (Å²) in [6.45, 7) is 1.80. The number of ether oxygens (including phenoxy) is 1. The number of nitrogens with zero attached hydrogens (tertiary/aromatic N) is 3. The zero-order valence-electron chi connectivity index (χ0n) is 18.9. The van der Waals surface area contributed by atoms with Gasteiger partial charge in [0, 0.05) is 21.2 Å². The Kier molecular flexibility index (Phi) is 6.36. The number of fused-ring (bicyclic) bond motifs is 1. The summed E-state index contributed by atoms with van der Waals surface area (Å²) in [4.78, 5) is 4.58. The molecule has 0 atom stereocenters. The summed E-state index contributed by atoms with van der Waals surface area (Å²) < 4.78 is 49.5. The summed E-state index contributed by atoms with van der Waals surface area (Å²) in [6.07, 6.45) is -4.60. The van der Waals surface area contributed by atoms with Crippen LogP contribution in [0.2, 0.25) is 10.0 Å². The predicted octanol–water partition coefficient (Wildman–Crippen LogP) is 8.30. The Balaban J connectivity index is 1.55. The van der Waals surface area contributed by atoms with Crippen molar-refractivity contribution in [3.05, 3.63) is 106 Å². The number of hydrogen-bond donors (Lipinski definition) is 0. The van der Waals surface area contributed by atoms with Gasteiger partial charge in [-0.05, 0) is 61.5 Å². The van der Waals surface area contributed by atoms with E-state index in [1.807, 2.05) is 18.2 Å². The van der Waals surface area contributed by atoms with Gasteiger partial charge in [-0.2, -0.15) is 18.3 Å². The van der Waals surface area contributed by atoms with Crippen LogP contribution in [0.25, 0.3) is 28.0 Å². The third-order valence-corrected chi connectivity index (χ3v) is 6.28. The molecule has 4 nitrogen and oxygen atoms in total. The van der Waals surface area contributed by atoms with Crippen molar-refractivity contribution in [3.63, 3.8) is 0 Å². The molecule has 0 aliphatic rings. The van der Waals surface area contributed by atoms with Gasteiger partial charge in [0.1, 0.15) is 12.4 Å². The number of halogens is 5. The van der Waals surface area contributed by atoms with Crippen LogP contribution in [0.5, 0.6) is 5.75 Å². The summed E-state index contributed by atoms with van der Waals surface area (Å²) in [5.41, 5.74) is 1.53. The molecule has 182 valence electrons. The van der Waals surface area contributed by atoms with Crippen molar-refractivity contribution in [2.45, 2.75) is 19.7 Å². The van der Waals surface area contributed by atoms with Crippen molar-refractivity contribution in [2.75, 3.05) is 0 Å². The summed E-state index contributed by atoms with van der Waals surface area (Å²) in [5.74, 6) is 0.551. The van der Waals surface area contributed by atoms with E-state index in [2.05, 4.69) is 10.1 Å². The Labute approximate surface area is 214 Å². The highest BCUT2D eigenvalue weighted by Gasteiger charge is 2.36. The van der Waals surface area contributed by atoms with Crippen LogP contribution in [0.15, 0.2) is 78.9 Å². The molecule has 0 saturated heterocycles. The fraction of sp³-hybridized carbons (Fsp3) is 0.111. The fourth-order valence-corrected chi connectivity index (χ4v) is 4.32. The van der Waals surface area contributed by atoms with Crippen LogP contribution in [0.3, 0.4) is 0 Å². The molecule has 36 heavy (non-hydrogen) atoms. The second kappa shape index (κ2) is 9.48. The molecule has 0 saturated carbocycles. The largest absolute Gasteiger partial charge is 0.489 e. The third kappa shape index (κ3) is 4.76. The molecule has 3 aromatic carbocycles. The molecule has 0 radical (unpaired) electrons. The number of alkyl halides is 3. The van der Waals surface area contributed by atoms with Gasteiger partial charge in [-0.3, -0.25) is 0 Å². The van der Waals surface area contributed by atoms with Crippen LogP contribution in [0.1, 0.15) is 16.8 Å². The van der Waals surface area contributed by atoms with E-state index < -0.39 is 11.7 Å². The number of pyridine rings is 1. The highest BCUT2D eigenvalue weighted by atomic mass is 35.5. The van der Waals surface area contributed by atoms with E-state index in [0.29, 0.717) is 27.0 Å². The van der Waals surface area contributed by atoms with E-state index in [-0.39, 0.29) is 29.0 Å². The van der Waals surface area contributed by atoms with Crippen molar-refractivity contribution < 1.29 is 17.9 Å². The van der Waals surface area contributed by atoms with E-state index >= 15 is 0 Å². The molecular weight excluding hydrogens is 510 g/mol. The minimum atomic E-state index is -4.60. The molecule has 0 aliphatic carbocycles. The van der Waals surface area contributed by atoms with Gasteiger partial charge in [-0.15, -0.1) is 0 Å². The number of aryl methyl sites for hydroxylation is 1. The Bertz CT molecular complexity index is 1560. The SMILES string of the molecule is Cc1nn(-c2cccc(Cl)c2)c2nc(-c3ccc(OCc4ccccc4Cl)cc3)cc(C(F)(F)F)c12. The maximum Gasteiger partial charge on any atom is 0.417 e. The first-order valence-corrected chi connectivity index (χ1v) is 11.7. The quantitative estimate of drug-likeness (QED) is 0.230. The molecule has 9 heteroatoms. The first-order valence-electron chi connectivity index (χ1n) is 10.9. The minimum Gasteiger partial charge on any atom is -0.489 e. The van der Waals surface area contributed by atoms with Gasteiger partial charge in [-0.1, -0.05) is 47.5 Å². The molecule has 0 fully saturated rings. The lowest BCUT2D eigenvalue weighted by atomic mass is 10.0. The molecule has 0 unspecified atom stereocenters. The van der Waals surface area contributed by atoms with Crippen molar-refractivity contribution in [1.82, 2.24) is 14.8 Å². The number of hydrogen-bond acceptors (Lipinski definition) is 3. The first-order chi connectivity index (χ1) is 17.2. The monoisotopic (exact) mass is 527 g/mol. The lowest BCUT2D eigenvalue weighted by molar-refractivity contribution is -0.136. The van der Waals surface area contributed by atoms with Crippen LogP contribution in [-0.2, 0) is 12.8 Å². The lowest BCUT2D eigenvalue weighted by Crippen LogP contribution is -2.08. The van der Waals surface area contributed by atoms with Gasteiger partial charge in [0.25, 0.3) is 0 Å². The zero-order valence-corrected chi connectivity index (χ0v) is 20.4. The molecule has 0 amide bonds. The van der Waals surface area contributed by atoms with Gasteiger partial charge >= 0.3 is 6.18 Å². The Hall–Kier alpha value is -3.55. The van der Waals surface area contributed by atoms with Crippen molar-refractivity contribution in [1.29, 1.82) is 0 Å². The Morgan fingerprint density at radius 1 is 0.917 bits per heavy atom. The van der Waals surface area contributed by atoms with Gasteiger partial charge in [0.2, 0.25) is 0 Å². The van der Waals surface area contributed by atoms with Gasteiger partial charge in [0.05, 0.1) is 28.0 Å². The Morgan fingerprint density at radius 2 is 1.67 bits per heavy atom. The van der Waals surface area contributed by atoms with Gasteiger partial charge < -0.3 is 4.74 Å². The number of benzene rings is 3. The topological polar surface area (TPSA) is 39.9 Å². The highest BCUT2D eigenvalue weighted by Crippen LogP contribution is 2.39. The van der Waals surface area contributed by atoms with E-state index in [0.717, 1.165) is 11.6 Å². The van der Waals surface area contributed by atoms with Crippen LogP contribution in [0, 0.1) is 6.92 Å². The Morgan fingerprint density at radius 3 is 2.36 bits per heavy atom. The minimum absolute atomic E-state index is 0.0501. The average Bonchev–Trinajstić information content (AvgIpc) is 3.19. The second-order valence-electron chi connectivity index (χ2n) is 8.13. The number of rotatable bonds is 5. The molecule has 0 spiro atoms. The van der Waals surface area contributed by atoms with Crippen LogP contribution >= 0.6 is 23.2 Å². The standard InChI is InChI=1S/C27H18Cl2F3N3O/c1-16-25-22(27(30,31)32)14-24(33-26(25)35(34-16)20-7-4-6-19(28)13-20)17-9-11-21(12-10-17)36-15-18-5-2-3-8-23(18)29/h2-14H,15H2,1H3. The van der Waals surface area contributed by atoms with E-state index in [4.69, 9.17) is 27.9 Å². The maximum absolute atomic E-state index is 14.1. The van der Waals surface area contributed by atoms with Gasteiger partial charge in [-0.25, -0.2) is 9.67 Å². The van der Waals surface area contributed by atoms with Crippen molar-refractivity contribution in [2.24, 2.45) is 0 Å². The molecule has 0 bridgehead atoms. The lowest BCUT2D eigenvalue weighted by Gasteiger charge is -2.12. The first kappa shape index (κ1) is 24.2. The zero-order chi connectivity index (χ0) is 25.4. The van der Waals surface area contributed by atoms with Crippen LogP contribution < -0.4 is 4.74 Å². The number of aromatic nitrogens is 3. The molecule has 5 rings (SSSR count). The molecule has 2 aromatic heterocycles. The highest BCUT2D eigenvalue weighted by molar-refractivity contribution is 6.31. The maximum atomic E-state index is 14.1. The van der Waals surface area contributed by atoms with Gasteiger partial charge in [0.15, 0.2) is 5.65 Å². The van der Waals surface area contributed by atoms with Crippen molar-refractivity contribution in [3.8, 4) is 22.7 Å². The summed E-state index contributed by atoms with van der Waals surface area (Å²) in [7, 11) is 0. The summed E-state index contributed by atoms with van der Waals surface area (Å²) in [5, 5.41) is 5.33. The third-order valence-electron chi connectivity index (χ3n) is 5.67. The average molecular weight is 528 g/mol. The molecular formula is C27H18Cl2F3N3O. The summed E-state index contributed by atoms with van der Waals surface area (Å²) in [6, 6.07) is 21.8. The van der Waals surface area contributed by atoms with E-state index in [1.165, 1.54) is 11.6 Å². The predicted molar refractivity (Wildman–Crippen MR) is 135 cm³/mol. The summed E-state index contributed by atoms with van der Waals surface area (Å²) >= 11 is 12.3. The molecule has 5 aromatic rings. The van der Waals surface area contributed by atoms with Crippen molar-refractivity contribution >= 4 is 34.2 Å².